The number of H-pyrrole nitrogens is 1. The number of nitrogens with one attached hydrogen (secondary N) is 1. The predicted molar refractivity (Wildman–Crippen MR) is 136 cm³/mol. The summed E-state index contributed by atoms with van der Waals surface area (Å²) in [6.07, 6.45) is -0.352. The normalized spacial score (nSPS) is 12.5. The van der Waals surface area contributed by atoms with Crippen molar-refractivity contribution in [3.63, 3.8) is 0 Å². The van der Waals surface area contributed by atoms with Crippen LogP contribution in [-0.2, 0) is 32.2 Å². The molecule has 0 spiro atoms. The highest BCUT2D eigenvalue weighted by Gasteiger charge is 2.42. The molecule has 5 rings (SSSR count). The predicted octanol–water partition coefficient (Wildman–Crippen LogP) is 5.39. The summed E-state index contributed by atoms with van der Waals surface area (Å²) in [5.74, 6) is -0.572. The number of benzene rings is 3. The molecule has 1 N–H and O–H groups in total. The number of hydrogen-bond donors (Lipinski definition) is 1. The number of para-hydroxylation sites is 1. The van der Waals surface area contributed by atoms with Gasteiger partial charge in [-0.05, 0) is 23.3 Å². The van der Waals surface area contributed by atoms with Crippen LogP contribution >= 0.6 is 0 Å². The van der Waals surface area contributed by atoms with Crippen LogP contribution in [0.2, 0.25) is 0 Å². The van der Waals surface area contributed by atoms with Gasteiger partial charge in [0.1, 0.15) is 19.0 Å². The van der Waals surface area contributed by atoms with Crippen molar-refractivity contribution in [1.82, 2.24) is 9.99 Å². The van der Waals surface area contributed by atoms with Crippen molar-refractivity contribution in [2.45, 2.75) is 13.2 Å². The standard InChI is InChI=1S/C28H23N3O6/c1-35-26(32)24-16-22-21-14-8-9-15-23(21)29-25(22)31(28(34)37-18-20-12-6-3-7-13-20)30(24)27(33)36-17-19-10-4-2-5-11-19/h2-16,29H,17-18H2,1H3. The third-order valence-corrected chi connectivity index (χ3v) is 5.80. The van der Waals surface area contributed by atoms with Crippen molar-refractivity contribution in [2.24, 2.45) is 0 Å². The van der Waals surface area contributed by atoms with Crippen LogP contribution in [0.1, 0.15) is 16.7 Å². The molecule has 0 aliphatic carbocycles. The van der Waals surface area contributed by atoms with E-state index >= 15 is 0 Å². The molecule has 1 aliphatic rings. The van der Waals surface area contributed by atoms with Crippen LogP contribution in [0, 0.1) is 0 Å². The molecule has 0 radical (unpaired) electrons. The average molecular weight is 498 g/mol. The van der Waals surface area contributed by atoms with Gasteiger partial charge in [0.05, 0.1) is 7.11 Å². The molecule has 0 bridgehead atoms. The lowest BCUT2D eigenvalue weighted by Gasteiger charge is -2.35. The van der Waals surface area contributed by atoms with Crippen molar-refractivity contribution in [2.75, 3.05) is 12.1 Å². The van der Waals surface area contributed by atoms with E-state index < -0.39 is 18.2 Å². The number of aromatic nitrogens is 1. The molecule has 0 atom stereocenters. The van der Waals surface area contributed by atoms with Gasteiger partial charge in [-0.3, -0.25) is 0 Å². The summed E-state index contributed by atoms with van der Waals surface area (Å²) in [5.41, 5.74) is 2.52. The molecular weight excluding hydrogens is 474 g/mol. The Bertz CT molecular complexity index is 1480. The summed E-state index contributed by atoms with van der Waals surface area (Å²) < 4.78 is 16.0. The molecule has 0 saturated heterocycles. The highest BCUT2D eigenvalue weighted by molar-refractivity contribution is 6.09. The van der Waals surface area contributed by atoms with Crippen LogP contribution in [0.25, 0.3) is 17.0 Å². The van der Waals surface area contributed by atoms with E-state index in [1.165, 1.54) is 13.2 Å². The van der Waals surface area contributed by atoms with Gasteiger partial charge in [-0.1, -0.05) is 78.9 Å². The molecule has 1 aliphatic heterocycles. The van der Waals surface area contributed by atoms with Gasteiger partial charge in [0.25, 0.3) is 0 Å². The number of rotatable bonds is 5. The molecule has 1 aromatic heterocycles. The fourth-order valence-corrected chi connectivity index (χ4v) is 4.03. The van der Waals surface area contributed by atoms with E-state index in [0.29, 0.717) is 11.1 Å². The molecule has 2 amide bonds. The number of fused-ring (bicyclic) bond motifs is 3. The first-order valence-electron chi connectivity index (χ1n) is 11.5. The van der Waals surface area contributed by atoms with Crippen molar-refractivity contribution in [3.8, 4) is 0 Å². The molecule has 4 aromatic rings. The zero-order valence-electron chi connectivity index (χ0n) is 19.9. The first kappa shape index (κ1) is 23.7. The van der Waals surface area contributed by atoms with Crippen molar-refractivity contribution in [3.05, 3.63) is 107 Å². The van der Waals surface area contributed by atoms with E-state index in [2.05, 4.69) is 4.98 Å². The average Bonchev–Trinajstić information content (AvgIpc) is 3.32. The lowest BCUT2D eigenvalue weighted by atomic mass is 10.1. The minimum Gasteiger partial charge on any atom is -0.464 e. The van der Waals surface area contributed by atoms with Gasteiger partial charge in [0.15, 0.2) is 5.70 Å². The lowest BCUT2D eigenvalue weighted by molar-refractivity contribution is -0.137. The molecule has 3 aromatic carbocycles. The van der Waals surface area contributed by atoms with Crippen LogP contribution in [0.3, 0.4) is 0 Å². The molecule has 0 fully saturated rings. The molecule has 9 nitrogen and oxygen atoms in total. The van der Waals surface area contributed by atoms with Gasteiger partial charge in [-0.15, -0.1) is 0 Å². The Morgan fingerprint density at radius 3 is 1.86 bits per heavy atom. The minimum absolute atomic E-state index is 0.0457. The van der Waals surface area contributed by atoms with E-state index in [0.717, 1.165) is 26.5 Å². The number of amides is 2. The number of ether oxygens (including phenoxy) is 3. The molecule has 2 heterocycles. The second-order valence-corrected chi connectivity index (χ2v) is 8.16. The maximum atomic E-state index is 13.5. The van der Waals surface area contributed by atoms with Crippen molar-refractivity contribution < 1.29 is 28.6 Å². The SMILES string of the molecule is COC(=O)C1=Cc2c([nH]c3ccccc23)N(C(=O)OCc2ccccc2)N1C(=O)OCc1ccccc1. The third-order valence-electron chi connectivity index (χ3n) is 5.80. The minimum atomic E-state index is -0.957. The highest BCUT2D eigenvalue weighted by Crippen LogP contribution is 2.38. The third kappa shape index (κ3) is 4.74. The number of hydrazine groups is 1. The summed E-state index contributed by atoms with van der Waals surface area (Å²) in [5, 5.41) is 2.55. The Morgan fingerprint density at radius 2 is 1.27 bits per heavy atom. The zero-order valence-corrected chi connectivity index (χ0v) is 19.9. The smallest absolute Gasteiger partial charge is 0.435 e. The maximum absolute atomic E-state index is 13.5. The first-order valence-corrected chi connectivity index (χ1v) is 11.5. The molecule has 9 heteroatoms. The molecule has 0 unspecified atom stereocenters. The van der Waals surface area contributed by atoms with Gasteiger partial charge in [-0.25, -0.2) is 14.4 Å². The van der Waals surface area contributed by atoms with Crippen LogP contribution < -0.4 is 5.01 Å². The van der Waals surface area contributed by atoms with Gasteiger partial charge in [-0.2, -0.15) is 10.0 Å². The Hall–Kier alpha value is -5.05. The second-order valence-electron chi connectivity index (χ2n) is 8.16. The quantitative estimate of drug-likeness (QED) is 0.293. The zero-order chi connectivity index (χ0) is 25.8. The fraction of sp³-hybridized carbons (Fsp3) is 0.107. The summed E-state index contributed by atoms with van der Waals surface area (Å²) in [4.78, 5) is 42.9. The second kappa shape index (κ2) is 10.3. The van der Waals surface area contributed by atoms with E-state index in [-0.39, 0.29) is 24.7 Å². The Kier molecular flexibility index (Phi) is 6.58. The summed E-state index contributed by atoms with van der Waals surface area (Å²) >= 11 is 0. The largest absolute Gasteiger partial charge is 0.464 e. The number of anilines is 1. The number of carbonyl (C=O) groups is 3. The van der Waals surface area contributed by atoms with Crippen LogP contribution in [0.5, 0.6) is 0 Å². The van der Waals surface area contributed by atoms with E-state index in [1.807, 2.05) is 72.8 Å². The molecular formula is C28H23N3O6. The highest BCUT2D eigenvalue weighted by atomic mass is 16.6. The fourth-order valence-electron chi connectivity index (χ4n) is 4.03. The number of aromatic amines is 1. The maximum Gasteiger partial charge on any atom is 0.435 e. The number of nitrogens with zero attached hydrogens (tertiary/aromatic N) is 2. The molecule has 0 saturated carbocycles. The number of esters is 1. The van der Waals surface area contributed by atoms with E-state index in [9.17, 15) is 14.4 Å². The van der Waals surface area contributed by atoms with Gasteiger partial charge in [0.2, 0.25) is 0 Å². The Balaban J connectivity index is 1.55. The van der Waals surface area contributed by atoms with Gasteiger partial charge >= 0.3 is 18.2 Å². The first-order chi connectivity index (χ1) is 18.1. The van der Waals surface area contributed by atoms with Crippen LogP contribution in [-0.4, -0.2) is 35.3 Å². The van der Waals surface area contributed by atoms with Crippen LogP contribution in [0.15, 0.2) is 90.6 Å². The lowest BCUT2D eigenvalue weighted by Crippen LogP contribution is -2.53. The molecule has 186 valence electrons. The number of methoxy groups -OCH3 is 1. The van der Waals surface area contributed by atoms with Gasteiger partial charge in [0, 0.05) is 16.5 Å². The van der Waals surface area contributed by atoms with Gasteiger partial charge < -0.3 is 19.2 Å². The van der Waals surface area contributed by atoms with E-state index in [1.54, 1.807) is 12.1 Å². The summed E-state index contributed by atoms with van der Waals surface area (Å²) in [7, 11) is 1.19. The Morgan fingerprint density at radius 1 is 0.730 bits per heavy atom. The Labute approximate surface area is 212 Å². The summed E-state index contributed by atoms with van der Waals surface area (Å²) in [6, 6.07) is 25.5. The number of hydrogen-bond acceptors (Lipinski definition) is 6. The van der Waals surface area contributed by atoms with Crippen molar-refractivity contribution >= 4 is 41.0 Å². The topological polar surface area (TPSA) is 101 Å². The van der Waals surface area contributed by atoms with Crippen LogP contribution in [0.4, 0.5) is 15.4 Å². The molecule has 37 heavy (non-hydrogen) atoms. The summed E-state index contributed by atoms with van der Waals surface area (Å²) in [6.45, 7) is -0.118. The van der Waals surface area contributed by atoms with E-state index in [4.69, 9.17) is 14.2 Å². The van der Waals surface area contributed by atoms with Crippen molar-refractivity contribution in [1.29, 1.82) is 0 Å². The number of carbonyl (C=O) groups excluding carboxylic acids is 3. The monoisotopic (exact) mass is 497 g/mol.